The van der Waals surface area contributed by atoms with Crippen LogP contribution in [0.1, 0.15) is 45.8 Å². The van der Waals surface area contributed by atoms with Crippen molar-refractivity contribution in [3.05, 3.63) is 93.7 Å². The quantitative estimate of drug-likeness (QED) is 0.471. The molecule has 4 nitrogen and oxygen atoms in total. The van der Waals surface area contributed by atoms with Crippen molar-refractivity contribution in [1.82, 2.24) is 9.80 Å². The number of carbonyl (C=O) groups is 2. The van der Waals surface area contributed by atoms with E-state index in [0.29, 0.717) is 6.54 Å². The van der Waals surface area contributed by atoms with Gasteiger partial charge in [0.2, 0.25) is 11.8 Å². The highest BCUT2D eigenvalue weighted by atomic mass is 35.5. The molecule has 6 heteroatoms. The Bertz CT molecular complexity index is 1100. The minimum atomic E-state index is -0.778. The van der Waals surface area contributed by atoms with Crippen LogP contribution in [0.3, 0.4) is 0 Å². The number of nitrogens with zero attached hydrogens (tertiary/aromatic N) is 2. The lowest BCUT2D eigenvalue weighted by atomic mass is 9.93. The number of fused-ring (bicyclic) bond motifs is 1. The van der Waals surface area contributed by atoms with E-state index < -0.39 is 5.38 Å². The molecule has 1 aliphatic heterocycles. The van der Waals surface area contributed by atoms with Gasteiger partial charge in [0, 0.05) is 17.5 Å². The van der Waals surface area contributed by atoms with Crippen molar-refractivity contribution in [3.63, 3.8) is 0 Å². The normalized spacial score (nSPS) is 18.7. The Labute approximate surface area is 197 Å². The third-order valence-electron chi connectivity index (χ3n) is 6.29. The third-order valence-corrected chi connectivity index (χ3v) is 7.72. The van der Waals surface area contributed by atoms with Crippen LogP contribution in [0.4, 0.5) is 0 Å². The summed E-state index contributed by atoms with van der Waals surface area (Å²) in [5, 5.41) is 1.33. The predicted molar refractivity (Wildman–Crippen MR) is 128 cm³/mol. The van der Waals surface area contributed by atoms with Gasteiger partial charge in [0.1, 0.15) is 11.9 Å². The minimum absolute atomic E-state index is 0.0205. The Morgan fingerprint density at radius 2 is 1.72 bits per heavy atom. The topological polar surface area (TPSA) is 40.6 Å². The van der Waals surface area contributed by atoms with Gasteiger partial charge in [-0.2, -0.15) is 0 Å². The number of carbonyl (C=O) groups excluding carboxylic acids is 2. The molecule has 0 spiro atoms. The zero-order chi connectivity index (χ0) is 22.1. The fraction of sp³-hybridized carbons (Fsp3) is 0.308. The van der Waals surface area contributed by atoms with Crippen molar-refractivity contribution >= 4 is 34.8 Å². The highest BCUT2D eigenvalue weighted by Gasteiger charge is 2.39. The van der Waals surface area contributed by atoms with Crippen LogP contribution in [0.5, 0.6) is 0 Å². The van der Waals surface area contributed by atoms with Gasteiger partial charge < -0.3 is 9.80 Å². The predicted octanol–water partition coefficient (Wildman–Crippen LogP) is 5.19. The van der Waals surface area contributed by atoms with E-state index in [0.717, 1.165) is 30.4 Å². The Hall–Kier alpha value is -2.63. The highest BCUT2D eigenvalue weighted by Crippen LogP contribution is 2.38. The monoisotopic (exact) mass is 464 g/mol. The lowest BCUT2D eigenvalue weighted by Crippen LogP contribution is -2.48. The molecule has 0 N–H and O–H groups in total. The molecule has 0 bridgehead atoms. The van der Waals surface area contributed by atoms with E-state index >= 15 is 0 Å². The van der Waals surface area contributed by atoms with Crippen molar-refractivity contribution in [2.24, 2.45) is 0 Å². The molecule has 32 heavy (non-hydrogen) atoms. The van der Waals surface area contributed by atoms with Gasteiger partial charge in [0.25, 0.3) is 0 Å². The van der Waals surface area contributed by atoms with Gasteiger partial charge in [-0.15, -0.1) is 22.9 Å². The third kappa shape index (κ3) is 4.19. The molecule has 2 amide bonds. The first kappa shape index (κ1) is 21.2. The van der Waals surface area contributed by atoms with E-state index in [9.17, 15) is 9.59 Å². The molecule has 3 aromatic rings. The number of amides is 2. The molecule has 2 unspecified atom stereocenters. The van der Waals surface area contributed by atoms with Crippen LogP contribution in [0, 0.1) is 0 Å². The van der Waals surface area contributed by atoms with Gasteiger partial charge in [-0.3, -0.25) is 9.59 Å². The molecule has 164 valence electrons. The summed E-state index contributed by atoms with van der Waals surface area (Å²) in [7, 11) is 0. The molecule has 5 rings (SSSR count). The molecule has 1 aliphatic carbocycles. The SMILES string of the molecule is O=C(C(Cl)c1ccccc1)N(CC(=O)N1CCc2sccc2C1c1ccccc1)C1CC1. The fourth-order valence-corrected chi connectivity index (χ4v) is 5.67. The van der Waals surface area contributed by atoms with E-state index in [1.165, 1.54) is 10.4 Å². The summed E-state index contributed by atoms with van der Waals surface area (Å²) in [5.74, 6) is -0.203. The van der Waals surface area contributed by atoms with E-state index in [1.54, 1.807) is 16.2 Å². The van der Waals surface area contributed by atoms with Crippen LogP contribution in [0.25, 0.3) is 0 Å². The summed E-state index contributed by atoms with van der Waals surface area (Å²) < 4.78 is 0. The summed E-state index contributed by atoms with van der Waals surface area (Å²) in [5.41, 5.74) is 3.06. The van der Waals surface area contributed by atoms with Crippen molar-refractivity contribution in [2.75, 3.05) is 13.1 Å². The van der Waals surface area contributed by atoms with Crippen LogP contribution in [-0.2, 0) is 16.0 Å². The number of benzene rings is 2. The maximum Gasteiger partial charge on any atom is 0.245 e. The zero-order valence-corrected chi connectivity index (χ0v) is 19.3. The second kappa shape index (κ2) is 9.08. The first-order chi connectivity index (χ1) is 15.6. The first-order valence-electron chi connectivity index (χ1n) is 11.0. The lowest BCUT2D eigenvalue weighted by molar-refractivity contribution is -0.142. The maximum absolute atomic E-state index is 13.6. The molecule has 1 aromatic heterocycles. The van der Waals surface area contributed by atoms with Gasteiger partial charge in [-0.25, -0.2) is 0 Å². The summed E-state index contributed by atoms with van der Waals surface area (Å²) in [6, 6.07) is 21.7. The summed E-state index contributed by atoms with van der Waals surface area (Å²) in [6.07, 6.45) is 2.70. The summed E-state index contributed by atoms with van der Waals surface area (Å²) in [6.45, 7) is 0.726. The van der Waals surface area contributed by atoms with Gasteiger partial charge in [0.05, 0.1) is 6.04 Å². The number of alkyl halides is 1. The Kier molecular flexibility index (Phi) is 6.03. The summed E-state index contributed by atoms with van der Waals surface area (Å²) >= 11 is 8.31. The molecule has 2 atom stereocenters. The summed E-state index contributed by atoms with van der Waals surface area (Å²) in [4.78, 5) is 31.9. The molecule has 1 saturated carbocycles. The first-order valence-corrected chi connectivity index (χ1v) is 12.4. The van der Waals surface area contributed by atoms with Crippen LogP contribution in [0.15, 0.2) is 72.1 Å². The number of hydrogen-bond donors (Lipinski definition) is 0. The zero-order valence-electron chi connectivity index (χ0n) is 17.7. The molecular weight excluding hydrogens is 440 g/mol. The number of thiophene rings is 1. The van der Waals surface area contributed by atoms with Crippen LogP contribution in [0.2, 0.25) is 0 Å². The molecule has 0 radical (unpaired) electrons. The second-order valence-corrected chi connectivity index (χ2v) is 9.86. The molecule has 2 heterocycles. The van der Waals surface area contributed by atoms with Gasteiger partial charge in [-0.05, 0) is 47.4 Å². The standard InChI is InChI=1S/C26H25ClN2O2S/c27-24(18-7-3-1-4-8-18)26(31)29(20-11-12-20)17-23(30)28-15-13-22-21(14-16-32-22)25(28)19-9-5-2-6-10-19/h1-10,14,16,20,24-25H,11-13,15,17H2. The fourth-order valence-electron chi connectivity index (χ4n) is 4.50. The molecular formula is C26H25ClN2O2S. The van der Waals surface area contributed by atoms with Crippen LogP contribution in [-0.4, -0.2) is 40.7 Å². The number of halogens is 1. The van der Waals surface area contributed by atoms with E-state index in [2.05, 4.69) is 23.6 Å². The van der Waals surface area contributed by atoms with E-state index in [1.807, 2.05) is 53.4 Å². The minimum Gasteiger partial charge on any atom is -0.330 e. The second-order valence-electron chi connectivity index (χ2n) is 8.42. The maximum atomic E-state index is 13.6. The van der Waals surface area contributed by atoms with E-state index in [-0.39, 0.29) is 30.4 Å². The van der Waals surface area contributed by atoms with Gasteiger partial charge in [-0.1, -0.05) is 60.7 Å². The Morgan fingerprint density at radius 1 is 1.03 bits per heavy atom. The number of rotatable bonds is 6. The molecule has 2 aliphatic rings. The Balaban J connectivity index is 1.39. The largest absolute Gasteiger partial charge is 0.330 e. The van der Waals surface area contributed by atoms with Crippen LogP contribution >= 0.6 is 22.9 Å². The molecule has 2 aromatic carbocycles. The molecule has 0 saturated heterocycles. The average Bonchev–Trinajstić information content (AvgIpc) is 3.57. The van der Waals surface area contributed by atoms with Crippen molar-refractivity contribution in [3.8, 4) is 0 Å². The average molecular weight is 465 g/mol. The molecule has 1 fully saturated rings. The Morgan fingerprint density at radius 3 is 2.41 bits per heavy atom. The van der Waals surface area contributed by atoms with Gasteiger partial charge in [0.15, 0.2) is 0 Å². The van der Waals surface area contributed by atoms with Crippen molar-refractivity contribution < 1.29 is 9.59 Å². The van der Waals surface area contributed by atoms with Gasteiger partial charge >= 0.3 is 0 Å². The van der Waals surface area contributed by atoms with E-state index in [4.69, 9.17) is 11.6 Å². The highest BCUT2D eigenvalue weighted by molar-refractivity contribution is 7.10. The lowest BCUT2D eigenvalue weighted by Gasteiger charge is -2.38. The smallest absolute Gasteiger partial charge is 0.245 e. The number of hydrogen-bond acceptors (Lipinski definition) is 3. The van der Waals surface area contributed by atoms with Crippen LogP contribution < -0.4 is 0 Å². The van der Waals surface area contributed by atoms with Crippen molar-refractivity contribution in [1.29, 1.82) is 0 Å². The van der Waals surface area contributed by atoms with Crippen molar-refractivity contribution in [2.45, 2.75) is 36.7 Å².